The van der Waals surface area contributed by atoms with Gasteiger partial charge in [0.15, 0.2) is 5.78 Å². The van der Waals surface area contributed by atoms with Crippen molar-refractivity contribution in [3.8, 4) is 16.9 Å². The molecular weight excluding hydrogens is 342 g/mol. The molecule has 2 heterocycles. The van der Waals surface area contributed by atoms with Crippen LogP contribution in [0.4, 0.5) is 0 Å². The summed E-state index contributed by atoms with van der Waals surface area (Å²) in [7, 11) is 0. The van der Waals surface area contributed by atoms with Gasteiger partial charge in [0, 0.05) is 18.6 Å². The number of ether oxygens (including phenoxy) is 2. The zero-order chi connectivity index (χ0) is 18.8. The second kappa shape index (κ2) is 7.53. The van der Waals surface area contributed by atoms with E-state index < -0.39 is 0 Å². The van der Waals surface area contributed by atoms with Crippen LogP contribution < -0.4 is 10.1 Å². The first-order valence-electron chi connectivity index (χ1n) is 9.41. The van der Waals surface area contributed by atoms with Crippen LogP contribution in [0.5, 0.6) is 5.75 Å². The van der Waals surface area contributed by atoms with E-state index in [1.807, 2.05) is 36.4 Å². The fourth-order valence-corrected chi connectivity index (χ4v) is 3.76. The first kappa shape index (κ1) is 17.7. The van der Waals surface area contributed by atoms with Crippen molar-refractivity contribution in [2.45, 2.75) is 38.4 Å². The molecule has 5 heteroatoms. The number of rotatable bonds is 5. The third-order valence-corrected chi connectivity index (χ3v) is 5.15. The van der Waals surface area contributed by atoms with E-state index in [0.29, 0.717) is 13.2 Å². The Bertz CT molecular complexity index is 870. The number of benzene rings is 2. The number of nitrogens with one attached hydrogen (secondary N) is 1. The minimum atomic E-state index is -0.316. The second-order valence-electron chi connectivity index (χ2n) is 7.12. The average molecular weight is 365 g/mol. The third-order valence-electron chi connectivity index (χ3n) is 5.15. The van der Waals surface area contributed by atoms with Crippen LogP contribution in [0, 0.1) is 0 Å². The van der Waals surface area contributed by atoms with Gasteiger partial charge in [-0.05, 0) is 48.6 Å². The van der Waals surface area contributed by atoms with Crippen molar-refractivity contribution in [2.24, 2.45) is 0 Å². The third kappa shape index (κ3) is 3.74. The van der Waals surface area contributed by atoms with Crippen molar-refractivity contribution in [3.63, 3.8) is 0 Å². The van der Waals surface area contributed by atoms with E-state index >= 15 is 0 Å². The summed E-state index contributed by atoms with van der Waals surface area (Å²) in [5.41, 5.74) is 3.76. The highest BCUT2D eigenvalue weighted by atomic mass is 16.5. The molecule has 2 atom stereocenters. The first-order valence-corrected chi connectivity index (χ1v) is 9.41. The normalized spacial score (nSPS) is 20.8. The van der Waals surface area contributed by atoms with E-state index in [1.165, 1.54) is 0 Å². The molecule has 5 nitrogen and oxygen atoms in total. The summed E-state index contributed by atoms with van der Waals surface area (Å²) in [6.45, 7) is 2.71. The smallest absolute Gasteiger partial charge is 0.249 e. The van der Waals surface area contributed by atoms with Gasteiger partial charge in [-0.25, -0.2) is 0 Å². The average Bonchev–Trinajstić information content (AvgIpc) is 3.35. The number of hydrogen-bond acceptors (Lipinski definition) is 4. The molecule has 1 amide bonds. The van der Waals surface area contributed by atoms with Crippen molar-refractivity contribution in [1.29, 1.82) is 0 Å². The lowest BCUT2D eigenvalue weighted by Crippen LogP contribution is -2.40. The molecule has 2 aliphatic heterocycles. The van der Waals surface area contributed by atoms with E-state index in [2.05, 4.69) is 11.4 Å². The lowest BCUT2D eigenvalue weighted by molar-refractivity contribution is -0.130. The maximum Gasteiger partial charge on any atom is 0.249 e. The molecule has 0 aliphatic carbocycles. The van der Waals surface area contributed by atoms with Gasteiger partial charge in [-0.15, -0.1) is 0 Å². The van der Waals surface area contributed by atoms with Gasteiger partial charge in [-0.3, -0.25) is 9.59 Å². The van der Waals surface area contributed by atoms with E-state index in [-0.39, 0.29) is 23.9 Å². The Morgan fingerprint density at radius 3 is 2.81 bits per heavy atom. The van der Waals surface area contributed by atoms with Gasteiger partial charge >= 0.3 is 0 Å². The molecule has 0 radical (unpaired) electrons. The van der Waals surface area contributed by atoms with Crippen LogP contribution in [0.2, 0.25) is 0 Å². The van der Waals surface area contributed by atoms with E-state index in [4.69, 9.17) is 9.47 Å². The highest BCUT2D eigenvalue weighted by molar-refractivity contribution is 6.00. The lowest BCUT2D eigenvalue weighted by atomic mass is 9.95. The van der Waals surface area contributed by atoms with Gasteiger partial charge in [0.25, 0.3) is 0 Å². The van der Waals surface area contributed by atoms with Crippen LogP contribution in [0.15, 0.2) is 42.5 Å². The predicted octanol–water partition coefficient (Wildman–Crippen LogP) is 3.15. The lowest BCUT2D eigenvalue weighted by Gasteiger charge is -2.14. The summed E-state index contributed by atoms with van der Waals surface area (Å²) < 4.78 is 11.4. The SMILES string of the molecule is CC(=O)c1ccccc1-c1ccc2c(c1)C[C@H](CNC(=O)[C@H]1CCCO1)O2. The molecular formula is C22H23NO4. The van der Waals surface area contributed by atoms with Gasteiger partial charge in [0.05, 0.1) is 6.54 Å². The molecule has 0 unspecified atom stereocenters. The van der Waals surface area contributed by atoms with Crippen LogP contribution in [-0.2, 0) is 16.0 Å². The van der Waals surface area contributed by atoms with Crippen molar-refractivity contribution in [3.05, 3.63) is 53.6 Å². The molecule has 0 spiro atoms. The van der Waals surface area contributed by atoms with Crippen LogP contribution in [0.3, 0.4) is 0 Å². The molecule has 2 aromatic rings. The van der Waals surface area contributed by atoms with Gasteiger partial charge < -0.3 is 14.8 Å². The van der Waals surface area contributed by atoms with Crippen molar-refractivity contribution in [2.75, 3.05) is 13.2 Å². The molecule has 27 heavy (non-hydrogen) atoms. The number of hydrogen-bond donors (Lipinski definition) is 1. The topological polar surface area (TPSA) is 64.6 Å². The van der Waals surface area contributed by atoms with Gasteiger partial charge in [0.1, 0.15) is 18.0 Å². The van der Waals surface area contributed by atoms with Crippen LogP contribution in [0.25, 0.3) is 11.1 Å². The molecule has 1 fully saturated rings. The Balaban J connectivity index is 1.44. The van der Waals surface area contributed by atoms with Crippen molar-refractivity contribution >= 4 is 11.7 Å². The Morgan fingerprint density at radius 1 is 1.19 bits per heavy atom. The van der Waals surface area contributed by atoms with Crippen LogP contribution >= 0.6 is 0 Å². The molecule has 2 aliphatic rings. The maximum absolute atomic E-state index is 12.1. The number of ketones is 1. The highest BCUT2D eigenvalue weighted by Crippen LogP contribution is 2.34. The fraction of sp³-hybridized carbons (Fsp3) is 0.364. The maximum atomic E-state index is 12.1. The predicted molar refractivity (Wildman–Crippen MR) is 102 cm³/mol. The number of fused-ring (bicyclic) bond motifs is 1. The summed E-state index contributed by atoms with van der Waals surface area (Å²) in [5, 5.41) is 2.94. The molecule has 0 saturated carbocycles. The Morgan fingerprint density at radius 2 is 2.04 bits per heavy atom. The molecule has 2 aromatic carbocycles. The van der Waals surface area contributed by atoms with Gasteiger partial charge in [0.2, 0.25) is 5.91 Å². The molecule has 1 N–H and O–H groups in total. The Kier molecular flexibility index (Phi) is 4.94. The summed E-state index contributed by atoms with van der Waals surface area (Å²) in [5.74, 6) is 0.843. The second-order valence-corrected chi connectivity index (χ2v) is 7.12. The molecule has 0 bridgehead atoms. The zero-order valence-electron chi connectivity index (χ0n) is 15.4. The van der Waals surface area contributed by atoms with E-state index in [1.54, 1.807) is 6.92 Å². The highest BCUT2D eigenvalue weighted by Gasteiger charge is 2.27. The first-order chi connectivity index (χ1) is 13.1. The molecule has 140 valence electrons. The van der Waals surface area contributed by atoms with E-state index in [9.17, 15) is 9.59 Å². The minimum Gasteiger partial charge on any atom is -0.488 e. The summed E-state index contributed by atoms with van der Waals surface area (Å²) in [6, 6.07) is 13.6. The monoisotopic (exact) mass is 365 g/mol. The Hall–Kier alpha value is -2.66. The number of carbonyl (C=O) groups is 2. The van der Waals surface area contributed by atoms with Crippen LogP contribution in [0.1, 0.15) is 35.7 Å². The molecule has 4 rings (SSSR count). The summed E-state index contributed by atoms with van der Waals surface area (Å²) >= 11 is 0. The number of Topliss-reactive ketones (excluding diaryl/α,β-unsaturated/α-hetero) is 1. The Labute approximate surface area is 158 Å². The summed E-state index contributed by atoms with van der Waals surface area (Å²) in [4.78, 5) is 24.0. The molecule has 0 aromatic heterocycles. The van der Waals surface area contributed by atoms with Crippen molar-refractivity contribution < 1.29 is 19.1 Å². The van der Waals surface area contributed by atoms with Gasteiger partial charge in [-0.1, -0.05) is 30.3 Å². The van der Waals surface area contributed by atoms with E-state index in [0.717, 1.165) is 47.3 Å². The van der Waals surface area contributed by atoms with Gasteiger partial charge in [-0.2, -0.15) is 0 Å². The standard InChI is InChI=1S/C22H23NO4/c1-14(24)18-5-2-3-6-19(18)15-8-9-20-16(11-15)12-17(27-20)13-23-22(25)21-7-4-10-26-21/h2-3,5-6,8-9,11,17,21H,4,7,10,12-13H2,1H3,(H,23,25)/t17-,21-/m1/s1. The largest absolute Gasteiger partial charge is 0.488 e. The number of amides is 1. The van der Waals surface area contributed by atoms with Crippen molar-refractivity contribution in [1.82, 2.24) is 5.32 Å². The van der Waals surface area contributed by atoms with Crippen LogP contribution in [-0.4, -0.2) is 37.0 Å². The number of carbonyl (C=O) groups excluding carboxylic acids is 2. The quantitative estimate of drug-likeness (QED) is 0.827. The fourth-order valence-electron chi connectivity index (χ4n) is 3.76. The minimum absolute atomic E-state index is 0.0527. The summed E-state index contributed by atoms with van der Waals surface area (Å²) in [6.07, 6.45) is 2.06. The zero-order valence-corrected chi connectivity index (χ0v) is 15.4. The molecule has 1 saturated heterocycles.